The summed E-state index contributed by atoms with van der Waals surface area (Å²) in [5, 5.41) is 12.6. The lowest BCUT2D eigenvalue weighted by Gasteiger charge is -2.40. The summed E-state index contributed by atoms with van der Waals surface area (Å²) in [5.74, 6) is 0. The SMILES string of the molecule is C[C@H]1OC(C)(C)N(C(=O)OC(C)(C)C)[C@@H]1[C@H](c1ccccc1)N(O)Cc1ccccc1. The van der Waals surface area contributed by atoms with Gasteiger partial charge in [-0.3, -0.25) is 4.90 Å². The quantitative estimate of drug-likeness (QED) is 0.651. The lowest BCUT2D eigenvalue weighted by Crippen LogP contribution is -2.54. The van der Waals surface area contributed by atoms with Crippen LogP contribution in [0.25, 0.3) is 0 Å². The number of rotatable bonds is 5. The van der Waals surface area contributed by atoms with Gasteiger partial charge in [-0.2, -0.15) is 5.06 Å². The van der Waals surface area contributed by atoms with E-state index in [1.54, 1.807) is 4.90 Å². The van der Waals surface area contributed by atoms with Crippen LogP contribution in [0.5, 0.6) is 0 Å². The molecule has 2 aromatic carbocycles. The van der Waals surface area contributed by atoms with Gasteiger partial charge in [0.1, 0.15) is 11.3 Å². The second kappa shape index (κ2) is 8.99. The maximum absolute atomic E-state index is 13.3. The minimum atomic E-state index is -0.882. The van der Waals surface area contributed by atoms with Crippen molar-refractivity contribution >= 4 is 6.09 Å². The molecule has 1 saturated heterocycles. The van der Waals surface area contributed by atoms with Gasteiger partial charge in [-0.15, -0.1) is 0 Å². The van der Waals surface area contributed by atoms with Crippen LogP contribution in [0.15, 0.2) is 60.7 Å². The number of amides is 1. The van der Waals surface area contributed by atoms with Crippen LogP contribution in [-0.4, -0.2) is 44.7 Å². The molecule has 1 aliphatic rings. The van der Waals surface area contributed by atoms with Gasteiger partial charge in [0.2, 0.25) is 0 Å². The van der Waals surface area contributed by atoms with Crippen LogP contribution >= 0.6 is 0 Å². The average Bonchev–Trinajstić information content (AvgIpc) is 2.91. The Kier molecular flexibility index (Phi) is 6.74. The van der Waals surface area contributed by atoms with E-state index in [1.165, 1.54) is 5.06 Å². The smallest absolute Gasteiger partial charge is 0.412 e. The lowest BCUT2D eigenvalue weighted by molar-refractivity contribution is -0.156. The van der Waals surface area contributed by atoms with Crippen LogP contribution in [-0.2, 0) is 16.0 Å². The topological polar surface area (TPSA) is 62.2 Å². The predicted molar refractivity (Wildman–Crippen MR) is 119 cm³/mol. The molecule has 0 radical (unpaired) electrons. The Labute approximate surface area is 185 Å². The summed E-state index contributed by atoms with van der Waals surface area (Å²) in [4.78, 5) is 14.9. The van der Waals surface area contributed by atoms with Gasteiger partial charge in [-0.25, -0.2) is 4.79 Å². The fourth-order valence-electron chi connectivity index (χ4n) is 4.27. The van der Waals surface area contributed by atoms with Crippen molar-refractivity contribution in [2.75, 3.05) is 0 Å². The van der Waals surface area contributed by atoms with Crippen LogP contribution in [0.3, 0.4) is 0 Å². The molecular weight excluding hydrogens is 392 g/mol. The van der Waals surface area contributed by atoms with Gasteiger partial charge in [0.25, 0.3) is 0 Å². The third-order valence-corrected chi connectivity index (χ3v) is 5.40. The molecule has 2 aromatic rings. The van der Waals surface area contributed by atoms with Crippen molar-refractivity contribution in [3.8, 4) is 0 Å². The Balaban J connectivity index is 2.02. The molecule has 0 bridgehead atoms. The van der Waals surface area contributed by atoms with Crippen molar-refractivity contribution in [2.24, 2.45) is 0 Å². The van der Waals surface area contributed by atoms with Crippen LogP contribution in [0.4, 0.5) is 4.79 Å². The number of hydrogen-bond donors (Lipinski definition) is 1. The van der Waals surface area contributed by atoms with E-state index in [1.807, 2.05) is 102 Å². The van der Waals surface area contributed by atoms with Crippen molar-refractivity contribution < 1.29 is 19.5 Å². The maximum atomic E-state index is 13.3. The summed E-state index contributed by atoms with van der Waals surface area (Å²) in [6, 6.07) is 18.5. The molecule has 0 aromatic heterocycles. The molecule has 1 fully saturated rings. The molecule has 168 valence electrons. The average molecular weight is 427 g/mol. The molecule has 0 saturated carbocycles. The fourth-order valence-corrected chi connectivity index (χ4v) is 4.27. The minimum Gasteiger partial charge on any atom is -0.444 e. The molecule has 3 rings (SSSR count). The summed E-state index contributed by atoms with van der Waals surface area (Å²) in [6.45, 7) is 11.5. The highest BCUT2D eigenvalue weighted by atomic mass is 16.6. The third kappa shape index (κ3) is 5.45. The van der Waals surface area contributed by atoms with E-state index < -0.39 is 29.5 Å². The van der Waals surface area contributed by atoms with E-state index in [-0.39, 0.29) is 6.10 Å². The Morgan fingerprint density at radius 2 is 1.68 bits per heavy atom. The van der Waals surface area contributed by atoms with Gasteiger partial charge in [0.15, 0.2) is 0 Å². The van der Waals surface area contributed by atoms with Crippen LogP contribution in [0.1, 0.15) is 58.7 Å². The molecule has 1 amide bonds. The van der Waals surface area contributed by atoms with Gasteiger partial charge in [-0.05, 0) is 52.7 Å². The Morgan fingerprint density at radius 1 is 1.13 bits per heavy atom. The molecule has 6 heteroatoms. The molecule has 0 spiro atoms. The van der Waals surface area contributed by atoms with Crippen molar-refractivity contribution in [1.82, 2.24) is 9.96 Å². The van der Waals surface area contributed by atoms with Gasteiger partial charge in [0.05, 0.1) is 18.2 Å². The van der Waals surface area contributed by atoms with Crippen molar-refractivity contribution in [1.29, 1.82) is 0 Å². The zero-order chi connectivity index (χ0) is 22.8. The molecule has 0 unspecified atom stereocenters. The molecule has 1 heterocycles. The van der Waals surface area contributed by atoms with Crippen molar-refractivity contribution in [2.45, 2.75) is 77.6 Å². The Bertz CT molecular complexity index is 864. The summed E-state index contributed by atoms with van der Waals surface area (Å²) in [7, 11) is 0. The molecule has 6 nitrogen and oxygen atoms in total. The first-order valence-electron chi connectivity index (χ1n) is 10.7. The number of carbonyl (C=O) groups excluding carboxylic acids is 1. The van der Waals surface area contributed by atoms with Crippen LogP contribution in [0, 0.1) is 0 Å². The summed E-state index contributed by atoms with van der Waals surface area (Å²) in [5.41, 5.74) is 0.343. The maximum Gasteiger partial charge on any atom is 0.412 e. The lowest BCUT2D eigenvalue weighted by atomic mass is 9.94. The second-order valence-electron chi connectivity index (χ2n) is 9.55. The van der Waals surface area contributed by atoms with Gasteiger partial charge >= 0.3 is 6.09 Å². The number of nitrogens with zero attached hydrogens (tertiary/aromatic N) is 2. The summed E-state index contributed by atoms with van der Waals surface area (Å²) >= 11 is 0. The largest absolute Gasteiger partial charge is 0.444 e. The highest BCUT2D eigenvalue weighted by Gasteiger charge is 2.54. The fraction of sp³-hybridized carbons (Fsp3) is 0.480. The molecule has 3 atom stereocenters. The number of hydroxylamine groups is 2. The van der Waals surface area contributed by atoms with E-state index in [2.05, 4.69) is 0 Å². The zero-order valence-corrected chi connectivity index (χ0v) is 19.3. The Morgan fingerprint density at radius 3 is 2.23 bits per heavy atom. The van der Waals surface area contributed by atoms with Gasteiger partial charge < -0.3 is 14.7 Å². The summed E-state index contributed by atoms with van der Waals surface area (Å²) < 4.78 is 11.9. The van der Waals surface area contributed by atoms with E-state index in [9.17, 15) is 10.0 Å². The third-order valence-electron chi connectivity index (χ3n) is 5.40. The molecule has 0 aliphatic carbocycles. The Hall–Kier alpha value is -2.41. The number of ether oxygens (including phenoxy) is 2. The second-order valence-corrected chi connectivity index (χ2v) is 9.55. The zero-order valence-electron chi connectivity index (χ0n) is 19.3. The van der Waals surface area contributed by atoms with Crippen molar-refractivity contribution in [3.05, 3.63) is 71.8 Å². The molecule has 31 heavy (non-hydrogen) atoms. The van der Waals surface area contributed by atoms with E-state index >= 15 is 0 Å². The van der Waals surface area contributed by atoms with Gasteiger partial charge in [-0.1, -0.05) is 60.7 Å². The predicted octanol–water partition coefficient (Wildman–Crippen LogP) is 5.38. The first-order chi connectivity index (χ1) is 14.5. The monoisotopic (exact) mass is 426 g/mol. The first-order valence-corrected chi connectivity index (χ1v) is 10.7. The van der Waals surface area contributed by atoms with Crippen LogP contribution in [0.2, 0.25) is 0 Å². The number of hydrogen-bond acceptors (Lipinski definition) is 5. The molecule has 1 aliphatic heterocycles. The van der Waals surface area contributed by atoms with E-state index in [0.29, 0.717) is 6.54 Å². The summed E-state index contributed by atoms with van der Waals surface area (Å²) in [6.07, 6.45) is -0.779. The number of benzene rings is 2. The molecular formula is C25H34N2O4. The number of carbonyl (C=O) groups is 1. The highest BCUT2D eigenvalue weighted by Crippen LogP contribution is 2.41. The van der Waals surface area contributed by atoms with Crippen molar-refractivity contribution in [3.63, 3.8) is 0 Å². The first kappa shape index (κ1) is 23.3. The van der Waals surface area contributed by atoms with Crippen LogP contribution < -0.4 is 0 Å². The molecule has 1 N–H and O–H groups in total. The normalized spacial score (nSPS) is 21.9. The standard InChI is InChI=1S/C25H34N2O4/c1-18-21(27(25(5,6)30-18)23(28)31-24(2,3)4)22(20-15-11-8-12-16-20)26(29)17-19-13-9-7-10-14-19/h7-16,18,21-22,29H,17H2,1-6H3/t18-,21+,22+/m1/s1. The highest BCUT2D eigenvalue weighted by molar-refractivity contribution is 5.70. The minimum absolute atomic E-state index is 0.312. The van der Waals surface area contributed by atoms with E-state index in [4.69, 9.17) is 9.47 Å². The van der Waals surface area contributed by atoms with Gasteiger partial charge in [0, 0.05) is 6.54 Å². The van der Waals surface area contributed by atoms with E-state index in [0.717, 1.165) is 11.1 Å².